The lowest BCUT2D eigenvalue weighted by molar-refractivity contribution is -0.171. The third kappa shape index (κ3) is 3.37. The molecule has 8 heteroatoms. The first-order valence-electron chi connectivity index (χ1n) is 7.10. The van der Waals surface area contributed by atoms with Gasteiger partial charge in [0.1, 0.15) is 12.1 Å². The van der Waals surface area contributed by atoms with Gasteiger partial charge in [-0.2, -0.15) is 0 Å². The van der Waals surface area contributed by atoms with E-state index in [2.05, 4.69) is 0 Å². The Labute approximate surface area is 127 Å². The fourth-order valence-electron chi connectivity index (χ4n) is 3.07. The molecule has 122 valence electrons. The first-order chi connectivity index (χ1) is 10.3. The van der Waals surface area contributed by atoms with E-state index in [9.17, 15) is 19.2 Å². The molecule has 2 heterocycles. The lowest BCUT2D eigenvalue weighted by Gasteiger charge is -2.37. The van der Waals surface area contributed by atoms with Crippen molar-refractivity contribution in [1.29, 1.82) is 0 Å². The van der Waals surface area contributed by atoms with Crippen LogP contribution >= 0.6 is 0 Å². The van der Waals surface area contributed by atoms with Crippen LogP contribution < -0.4 is 0 Å². The van der Waals surface area contributed by atoms with Crippen molar-refractivity contribution in [2.24, 2.45) is 0 Å². The second kappa shape index (κ2) is 6.33. The highest BCUT2D eigenvalue weighted by Gasteiger charge is 2.54. The van der Waals surface area contributed by atoms with E-state index >= 15 is 0 Å². The van der Waals surface area contributed by atoms with E-state index in [1.165, 1.54) is 25.7 Å². The van der Waals surface area contributed by atoms with Gasteiger partial charge in [-0.25, -0.2) is 0 Å². The summed E-state index contributed by atoms with van der Waals surface area (Å²) >= 11 is 0. The molecule has 1 amide bonds. The molecule has 0 saturated carbocycles. The van der Waals surface area contributed by atoms with Crippen molar-refractivity contribution in [2.75, 3.05) is 6.54 Å². The van der Waals surface area contributed by atoms with Gasteiger partial charge in [-0.3, -0.25) is 19.2 Å². The van der Waals surface area contributed by atoms with Gasteiger partial charge in [0.2, 0.25) is 5.91 Å². The highest BCUT2D eigenvalue weighted by molar-refractivity contribution is 5.79. The summed E-state index contributed by atoms with van der Waals surface area (Å²) in [7, 11) is 0. The number of carbonyl (C=O) groups excluding carboxylic acids is 4. The zero-order chi connectivity index (χ0) is 16.4. The Bertz CT molecular complexity index is 503. The number of amides is 1. The summed E-state index contributed by atoms with van der Waals surface area (Å²) in [5, 5.41) is 0. The van der Waals surface area contributed by atoms with Crippen LogP contribution in [-0.2, 0) is 33.4 Å². The summed E-state index contributed by atoms with van der Waals surface area (Å²) < 4.78 is 15.7. The molecule has 0 spiro atoms. The van der Waals surface area contributed by atoms with Gasteiger partial charge in [-0.1, -0.05) is 0 Å². The first-order valence-corrected chi connectivity index (χ1v) is 7.10. The topological polar surface area (TPSA) is 99.2 Å². The molecule has 2 fully saturated rings. The molecule has 0 unspecified atom stereocenters. The maximum atomic E-state index is 12.1. The van der Waals surface area contributed by atoms with Crippen LogP contribution in [0.4, 0.5) is 0 Å². The van der Waals surface area contributed by atoms with Crippen molar-refractivity contribution >= 4 is 23.8 Å². The molecule has 0 aromatic rings. The number of esters is 3. The zero-order valence-electron chi connectivity index (χ0n) is 12.7. The minimum absolute atomic E-state index is 0.124. The van der Waals surface area contributed by atoms with E-state index in [0.29, 0.717) is 6.42 Å². The number of fused-ring (bicyclic) bond motifs is 1. The standard InChI is InChI=1S/C14H19NO7/c1-7(16)20-10-4-5-12(19)15-6-11(21-8(2)17)14(13(10)15)22-9(3)18/h10-11,13-14H,4-6H2,1-3H3/t10-,11+,13+,14+/m0/s1. The van der Waals surface area contributed by atoms with Crippen molar-refractivity contribution in [3.8, 4) is 0 Å². The monoisotopic (exact) mass is 313 g/mol. The van der Waals surface area contributed by atoms with Crippen molar-refractivity contribution < 1.29 is 33.4 Å². The van der Waals surface area contributed by atoms with Crippen LogP contribution in [-0.4, -0.2) is 59.6 Å². The summed E-state index contributed by atoms with van der Waals surface area (Å²) in [5.41, 5.74) is 0. The minimum Gasteiger partial charge on any atom is -0.460 e. The van der Waals surface area contributed by atoms with Crippen molar-refractivity contribution in [2.45, 2.75) is 58.0 Å². The van der Waals surface area contributed by atoms with Crippen LogP contribution in [0.2, 0.25) is 0 Å². The fourth-order valence-corrected chi connectivity index (χ4v) is 3.07. The summed E-state index contributed by atoms with van der Waals surface area (Å²) in [5.74, 6) is -1.70. The quantitative estimate of drug-likeness (QED) is 0.525. The van der Waals surface area contributed by atoms with Gasteiger partial charge in [-0.15, -0.1) is 0 Å². The first kappa shape index (κ1) is 16.3. The highest BCUT2D eigenvalue weighted by atomic mass is 16.6. The molecule has 8 nitrogen and oxygen atoms in total. The SMILES string of the molecule is CC(=O)O[C@H]1[C@H]2[C@@H](OC(C)=O)CCC(=O)N2C[C@H]1OC(C)=O. The normalized spacial score (nSPS) is 30.5. The van der Waals surface area contributed by atoms with Crippen LogP contribution in [0.1, 0.15) is 33.6 Å². The van der Waals surface area contributed by atoms with E-state index in [-0.39, 0.29) is 18.9 Å². The summed E-state index contributed by atoms with van der Waals surface area (Å²) in [6.07, 6.45) is -1.60. The van der Waals surface area contributed by atoms with E-state index < -0.39 is 42.3 Å². The number of rotatable bonds is 3. The maximum Gasteiger partial charge on any atom is 0.303 e. The molecule has 0 aromatic heterocycles. The van der Waals surface area contributed by atoms with Crippen molar-refractivity contribution in [3.05, 3.63) is 0 Å². The van der Waals surface area contributed by atoms with Gasteiger partial charge in [-0.05, 0) is 6.42 Å². The molecule has 0 N–H and O–H groups in total. The van der Waals surface area contributed by atoms with E-state index in [4.69, 9.17) is 14.2 Å². The summed E-state index contributed by atoms with van der Waals surface area (Å²) in [6.45, 7) is 3.88. The van der Waals surface area contributed by atoms with Gasteiger partial charge < -0.3 is 19.1 Å². The Morgan fingerprint density at radius 1 is 0.955 bits per heavy atom. The molecule has 2 aliphatic heterocycles. The minimum atomic E-state index is -0.838. The third-order valence-electron chi connectivity index (χ3n) is 3.72. The molecule has 2 saturated heterocycles. The Morgan fingerprint density at radius 2 is 1.50 bits per heavy atom. The molecule has 2 aliphatic rings. The predicted octanol–water partition coefficient (Wildman–Crippen LogP) is -0.214. The lowest BCUT2D eigenvalue weighted by Crippen LogP contribution is -2.53. The lowest BCUT2D eigenvalue weighted by atomic mass is 9.96. The maximum absolute atomic E-state index is 12.1. The van der Waals surface area contributed by atoms with Gasteiger partial charge in [0.05, 0.1) is 6.54 Å². The molecule has 4 atom stereocenters. The number of ether oxygens (including phenoxy) is 3. The smallest absolute Gasteiger partial charge is 0.303 e. The Kier molecular flexibility index (Phi) is 4.68. The molecule has 22 heavy (non-hydrogen) atoms. The number of hydrogen-bond donors (Lipinski definition) is 0. The average Bonchev–Trinajstić information content (AvgIpc) is 2.71. The van der Waals surface area contributed by atoms with E-state index in [1.807, 2.05) is 0 Å². The summed E-state index contributed by atoms with van der Waals surface area (Å²) in [6, 6.07) is -0.626. The number of piperidine rings is 1. The van der Waals surface area contributed by atoms with Crippen molar-refractivity contribution in [3.63, 3.8) is 0 Å². The van der Waals surface area contributed by atoms with Gasteiger partial charge in [0.25, 0.3) is 0 Å². The Balaban J connectivity index is 2.28. The largest absolute Gasteiger partial charge is 0.460 e. The Hall–Kier alpha value is -2.12. The van der Waals surface area contributed by atoms with Crippen LogP contribution in [0.15, 0.2) is 0 Å². The molecule has 2 rings (SSSR count). The Morgan fingerprint density at radius 3 is 2.05 bits per heavy atom. The molecular weight excluding hydrogens is 294 g/mol. The second-order valence-electron chi connectivity index (χ2n) is 5.45. The average molecular weight is 313 g/mol. The van der Waals surface area contributed by atoms with Crippen LogP contribution in [0.3, 0.4) is 0 Å². The van der Waals surface area contributed by atoms with Crippen LogP contribution in [0.25, 0.3) is 0 Å². The number of carbonyl (C=O) groups is 4. The van der Waals surface area contributed by atoms with E-state index in [1.54, 1.807) is 0 Å². The molecule has 0 bridgehead atoms. The van der Waals surface area contributed by atoms with Gasteiger partial charge in [0.15, 0.2) is 12.2 Å². The molecular formula is C14H19NO7. The van der Waals surface area contributed by atoms with Crippen LogP contribution in [0, 0.1) is 0 Å². The summed E-state index contributed by atoms with van der Waals surface area (Å²) in [4.78, 5) is 47.4. The highest BCUT2D eigenvalue weighted by Crippen LogP contribution is 2.34. The van der Waals surface area contributed by atoms with E-state index in [0.717, 1.165) is 0 Å². The predicted molar refractivity (Wildman–Crippen MR) is 71.4 cm³/mol. The molecule has 0 aliphatic carbocycles. The van der Waals surface area contributed by atoms with Gasteiger partial charge in [0, 0.05) is 27.2 Å². The van der Waals surface area contributed by atoms with Crippen LogP contribution in [0.5, 0.6) is 0 Å². The zero-order valence-corrected chi connectivity index (χ0v) is 12.7. The second-order valence-corrected chi connectivity index (χ2v) is 5.45. The number of nitrogens with zero attached hydrogens (tertiary/aromatic N) is 1. The molecule has 0 aromatic carbocycles. The van der Waals surface area contributed by atoms with Gasteiger partial charge >= 0.3 is 17.9 Å². The van der Waals surface area contributed by atoms with Crippen molar-refractivity contribution in [1.82, 2.24) is 4.90 Å². The molecule has 0 radical (unpaired) electrons. The third-order valence-corrected chi connectivity index (χ3v) is 3.72. The fraction of sp³-hybridized carbons (Fsp3) is 0.714. The number of hydrogen-bond acceptors (Lipinski definition) is 7.